The first-order valence-corrected chi connectivity index (χ1v) is 7.45. The van der Waals surface area contributed by atoms with Gasteiger partial charge in [-0.2, -0.15) is 0 Å². The average Bonchev–Trinajstić information content (AvgIpc) is 2.53. The van der Waals surface area contributed by atoms with E-state index in [1.54, 1.807) is 14.2 Å². The quantitative estimate of drug-likeness (QED) is 0.511. The fourth-order valence-electron chi connectivity index (χ4n) is 2.45. The molecule has 0 fully saturated rings. The fourth-order valence-corrected chi connectivity index (χ4v) is 2.45. The number of carbonyl (C=O) groups is 1. The number of esters is 1. The third-order valence-electron chi connectivity index (χ3n) is 3.68. The molecule has 1 unspecified atom stereocenters. The molecule has 0 saturated heterocycles. The van der Waals surface area contributed by atoms with Gasteiger partial charge in [0.2, 0.25) is 0 Å². The van der Waals surface area contributed by atoms with E-state index < -0.39 is 0 Å². The van der Waals surface area contributed by atoms with Crippen LogP contribution in [0.2, 0.25) is 0 Å². The van der Waals surface area contributed by atoms with Crippen molar-refractivity contribution in [2.24, 2.45) is 0 Å². The third-order valence-corrected chi connectivity index (χ3v) is 3.68. The van der Waals surface area contributed by atoms with Crippen LogP contribution in [0.1, 0.15) is 50.5 Å². The Balaban J connectivity index is 2.96. The molecule has 21 heavy (non-hydrogen) atoms. The number of benzene rings is 1. The lowest BCUT2D eigenvalue weighted by Gasteiger charge is -2.19. The Morgan fingerprint density at radius 1 is 1.14 bits per heavy atom. The number of ether oxygens (including phenoxy) is 3. The van der Waals surface area contributed by atoms with Gasteiger partial charge in [-0.05, 0) is 24.0 Å². The van der Waals surface area contributed by atoms with Crippen molar-refractivity contribution in [2.75, 3.05) is 21.3 Å². The number of unbranched alkanes of at least 4 members (excludes halogenated alkanes) is 2. The minimum Gasteiger partial charge on any atom is -0.497 e. The first-order chi connectivity index (χ1) is 10.2. The van der Waals surface area contributed by atoms with E-state index in [0.29, 0.717) is 6.42 Å². The van der Waals surface area contributed by atoms with Crippen LogP contribution in [0.5, 0.6) is 11.5 Å². The molecule has 4 nitrogen and oxygen atoms in total. The van der Waals surface area contributed by atoms with Crippen LogP contribution in [-0.2, 0) is 9.53 Å². The van der Waals surface area contributed by atoms with Crippen molar-refractivity contribution >= 4 is 5.97 Å². The topological polar surface area (TPSA) is 44.8 Å². The Morgan fingerprint density at radius 3 is 2.48 bits per heavy atom. The monoisotopic (exact) mass is 294 g/mol. The molecule has 0 saturated carbocycles. The number of methoxy groups -OCH3 is 3. The van der Waals surface area contributed by atoms with Gasteiger partial charge in [0.05, 0.1) is 27.8 Å². The van der Waals surface area contributed by atoms with Crippen LogP contribution in [0.4, 0.5) is 0 Å². The van der Waals surface area contributed by atoms with Gasteiger partial charge in [-0.25, -0.2) is 0 Å². The highest BCUT2D eigenvalue weighted by Crippen LogP contribution is 2.35. The zero-order valence-electron chi connectivity index (χ0n) is 13.5. The van der Waals surface area contributed by atoms with Crippen molar-refractivity contribution in [3.05, 3.63) is 23.8 Å². The molecule has 1 aromatic carbocycles. The van der Waals surface area contributed by atoms with Crippen molar-refractivity contribution in [2.45, 2.75) is 44.9 Å². The lowest BCUT2D eigenvalue weighted by molar-refractivity contribution is -0.141. The second-order valence-corrected chi connectivity index (χ2v) is 5.08. The van der Waals surface area contributed by atoms with Crippen molar-refractivity contribution in [1.29, 1.82) is 0 Å². The third kappa shape index (κ3) is 5.29. The van der Waals surface area contributed by atoms with E-state index >= 15 is 0 Å². The predicted octanol–water partition coefficient (Wildman–Crippen LogP) is 3.93. The molecule has 0 N–H and O–H groups in total. The Morgan fingerprint density at radius 2 is 1.90 bits per heavy atom. The molecular formula is C17H26O4. The van der Waals surface area contributed by atoms with E-state index in [1.165, 1.54) is 7.11 Å². The first kappa shape index (κ1) is 17.3. The van der Waals surface area contributed by atoms with Crippen LogP contribution < -0.4 is 9.47 Å². The molecule has 1 aromatic rings. The van der Waals surface area contributed by atoms with Gasteiger partial charge in [-0.1, -0.05) is 32.3 Å². The van der Waals surface area contributed by atoms with E-state index in [1.807, 2.05) is 18.2 Å². The lowest BCUT2D eigenvalue weighted by atomic mass is 9.89. The highest BCUT2D eigenvalue weighted by molar-refractivity contribution is 5.70. The summed E-state index contributed by atoms with van der Waals surface area (Å²) in [6.45, 7) is 2.17. The molecule has 118 valence electrons. The highest BCUT2D eigenvalue weighted by atomic mass is 16.5. The van der Waals surface area contributed by atoms with Crippen molar-refractivity contribution < 1.29 is 19.0 Å². The lowest BCUT2D eigenvalue weighted by Crippen LogP contribution is -2.10. The molecule has 0 spiro atoms. The SMILES string of the molecule is CCCCCC(CC(=O)OC)c1ccc(OC)cc1OC. The molecule has 1 atom stereocenters. The molecule has 0 aliphatic carbocycles. The molecule has 0 radical (unpaired) electrons. The maximum Gasteiger partial charge on any atom is 0.306 e. The Bertz CT molecular complexity index is 442. The van der Waals surface area contributed by atoms with Gasteiger partial charge in [0, 0.05) is 6.07 Å². The van der Waals surface area contributed by atoms with E-state index in [9.17, 15) is 4.79 Å². The standard InChI is InChI=1S/C17H26O4/c1-5-6-7-8-13(11-17(18)21-4)15-10-9-14(19-2)12-16(15)20-3/h9-10,12-13H,5-8,11H2,1-4H3. The summed E-state index contributed by atoms with van der Waals surface area (Å²) in [5, 5.41) is 0. The van der Waals surface area contributed by atoms with E-state index in [-0.39, 0.29) is 11.9 Å². The predicted molar refractivity (Wildman–Crippen MR) is 83.1 cm³/mol. The van der Waals surface area contributed by atoms with Gasteiger partial charge in [-0.15, -0.1) is 0 Å². The molecule has 0 aliphatic heterocycles. The van der Waals surface area contributed by atoms with Crippen molar-refractivity contribution in [1.82, 2.24) is 0 Å². The second kappa shape index (κ2) is 9.27. The van der Waals surface area contributed by atoms with Crippen LogP contribution >= 0.6 is 0 Å². The molecule has 4 heteroatoms. The van der Waals surface area contributed by atoms with Gasteiger partial charge in [-0.3, -0.25) is 4.79 Å². The van der Waals surface area contributed by atoms with E-state index in [0.717, 1.165) is 42.7 Å². The van der Waals surface area contributed by atoms with Crippen molar-refractivity contribution in [3.63, 3.8) is 0 Å². The van der Waals surface area contributed by atoms with Crippen LogP contribution in [0, 0.1) is 0 Å². The first-order valence-electron chi connectivity index (χ1n) is 7.45. The van der Waals surface area contributed by atoms with Crippen LogP contribution in [0.3, 0.4) is 0 Å². The minimum absolute atomic E-state index is 0.116. The average molecular weight is 294 g/mol. The summed E-state index contributed by atoms with van der Waals surface area (Å²) in [6, 6.07) is 5.75. The number of hydrogen-bond donors (Lipinski definition) is 0. The molecule has 0 aromatic heterocycles. The molecular weight excluding hydrogens is 268 g/mol. The summed E-state index contributed by atoms with van der Waals surface area (Å²) in [6.07, 6.45) is 4.74. The summed E-state index contributed by atoms with van der Waals surface area (Å²) in [7, 11) is 4.69. The highest BCUT2D eigenvalue weighted by Gasteiger charge is 2.20. The Labute approximate surface area is 127 Å². The van der Waals surface area contributed by atoms with Gasteiger partial charge in [0.15, 0.2) is 0 Å². The van der Waals surface area contributed by atoms with Crippen LogP contribution in [0.15, 0.2) is 18.2 Å². The van der Waals surface area contributed by atoms with Crippen LogP contribution in [0.25, 0.3) is 0 Å². The van der Waals surface area contributed by atoms with Gasteiger partial charge < -0.3 is 14.2 Å². The Kier molecular flexibility index (Phi) is 7.65. The Hall–Kier alpha value is -1.71. The number of hydrogen-bond acceptors (Lipinski definition) is 4. The zero-order chi connectivity index (χ0) is 15.7. The maximum atomic E-state index is 11.7. The summed E-state index contributed by atoms with van der Waals surface area (Å²) in [5.74, 6) is 1.44. The fraction of sp³-hybridized carbons (Fsp3) is 0.588. The molecule has 0 bridgehead atoms. The molecule has 0 heterocycles. The van der Waals surface area contributed by atoms with E-state index in [4.69, 9.17) is 14.2 Å². The normalized spacial score (nSPS) is 11.8. The maximum absolute atomic E-state index is 11.7. The molecule has 0 amide bonds. The van der Waals surface area contributed by atoms with Gasteiger partial charge >= 0.3 is 5.97 Å². The number of rotatable bonds is 9. The van der Waals surface area contributed by atoms with Crippen LogP contribution in [-0.4, -0.2) is 27.3 Å². The van der Waals surface area contributed by atoms with Crippen molar-refractivity contribution in [3.8, 4) is 11.5 Å². The van der Waals surface area contributed by atoms with E-state index in [2.05, 4.69) is 6.92 Å². The summed E-state index contributed by atoms with van der Waals surface area (Å²) < 4.78 is 15.5. The minimum atomic E-state index is -0.186. The molecule has 1 rings (SSSR count). The molecule has 0 aliphatic rings. The second-order valence-electron chi connectivity index (χ2n) is 5.08. The summed E-state index contributed by atoms with van der Waals surface area (Å²) >= 11 is 0. The summed E-state index contributed by atoms with van der Waals surface area (Å²) in [4.78, 5) is 11.7. The van der Waals surface area contributed by atoms with Gasteiger partial charge in [0.1, 0.15) is 11.5 Å². The summed E-state index contributed by atoms with van der Waals surface area (Å²) in [5.41, 5.74) is 1.04. The number of carbonyl (C=O) groups excluding carboxylic acids is 1. The largest absolute Gasteiger partial charge is 0.497 e. The zero-order valence-corrected chi connectivity index (χ0v) is 13.5. The smallest absolute Gasteiger partial charge is 0.306 e. The van der Waals surface area contributed by atoms with Gasteiger partial charge in [0.25, 0.3) is 0 Å².